The Hall–Kier alpha value is -6.70. The van der Waals surface area contributed by atoms with Crippen molar-refractivity contribution in [3.8, 4) is 39.5 Å². The summed E-state index contributed by atoms with van der Waals surface area (Å²) in [5.41, 5.74) is 9.25. The number of aromatic nitrogens is 3. The molecule has 8 aromatic carbocycles. The molecule has 5 heterocycles. The average Bonchev–Trinajstić information content (AvgIpc) is 4.04. The predicted molar refractivity (Wildman–Crippen MR) is 251 cm³/mol. The molecule has 0 atom stereocenters. The minimum absolute atomic E-state index is 0.761. The van der Waals surface area contributed by atoms with E-state index in [-0.39, 0.29) is 0 Å². The summed E-state index contributed by atoms with van der Waals surface area (Å²) in [6.45, 7) is 0. The van der Waals surface area contributed by atoms with Crippen LogP contribution >= 0.6 is 34.0 Å². The molecular formula is C52H29N3S3. The van der Waals surface area contributed by atoms with Gasteiger partial charge in [-0.3, -0.25) is 0 Å². The SMILES string of the molecule is c1ccc(-c2nc(-c3ccc4c(c3)sc3ccc(-c5ccc6c(c5)sc5cc(-n7c8ccccc8c8ccccc87)ccc56)cc34)nc3sc4ccccc4c23)cc1. The Bertz CT molecular complexity index is 3760. The molecule has 0 aliphatic heterocycles. The van der Waals surface area contributed by atoms with Crippen molar-refractivity contribution in [2.24, 2.45) is 0 Å². The second-order valence-electron chi connectivity index (χ2n) is 14.9. The van der Waals surface area contributed by atoms with Gasteiger partial charge in [0.2, 0.25) is 0 Å². The highest BCUT2D eigenvalue weighted by atomic mass is 32.1. The van der Waals surface area contributed by atoms with E-state index in [0.717, 1.165) is 32.9 Å². The van der Waals surface area contributed by atoms with E-state index in [1.165, 1.54) is 89.1 Å². The van der Waals surface area contributed by atoms with Gasteiger partial charge < -0.3 is 4.57 Å². The molecule has 13 aromatic rings. The lowest BCUT2D eigenvalue weighted by Crippen LogP contribution is -1.93. The van der Waals surface area contributed by atoms with Gasteiger partial charge >= 0.3 is 0 Å². The van der Waals surface area contributed by atoms with Crippen LogP contribution in [-0.2, 0) is 0 Å². The van der Waals surface area contributed by atoms with Gasteiger partial charge in [-0.05, 0) is 65.7 Å². The Labute approximate surface area is 344 Å². The van der Waals surface area contributed by atoms with Gasteiger partial charge in [-0.15, -0.1) is 34.0 Å². The first-order valence-corrected chi connectivity index (χ1v) is 21.8. The summed E-state index contributed by atoms with van der Waals surface area (Å²) in [5.74, 6) is 0.761. The highest BCUT2D eigenvalue weighted by Crippen LogP contribution is 2.43. The van der Waals surface area contributed by atoms with Gasteiger partial charge in [-0.1, -0.05) is 121 Å². The minimum atomic E-state index is 0.761. The zero-order valence-electron chi connectivity index (χ0n) is 30.8. The normalized spacial score (nSPS) is 12.1. The van der Waals surface area contributed by atoms with Crippen LogP contribution in [0.25, 0.3) is 122 Å². The minimum Gasteiger partial charge on any atom is -0.309 e. The fourth-order valence-corrected chi connectivity index (χ4v) is 12.3. The quantitative estimate of drug-likeness (QED) is 0.178. The molecule has 58 heavy (non-hydrogen) atoms. The summed E-state index contributed by atoms with van der Waals surface area (Å²) in [4.78, 5) is 11.5. The smallest absolute Gasteiger partial charge is 0.161 e. The molecule has 0 N–H and O–H groups in total. The predicted octanol–water partition coefficient (Wildman–Crippen LogP) is 15.7. The Balaban J connectivity index is 0.889. The van der Waals surface area contributed by atoms with Crippen LogP contribution in [0.5, 0.6) is 0 Å². The van der Waals surface area contributed by atoms with Crippen molar-refractivity contribution in [2.75, 3.05) is 0 Å². The first-order valence-electron chi connectivity index (χ1n) is 19.4. The van der Waals surface area contributed by atoms with Gasteiger partial charge in [0.1, 0.15) is 4.83 Å². The lowest BCUT2D eigenvalue weighted by Gasteiger charge is -2.08. The summed E-state index contributed by atoms with van der Waals surface area (Å²) in [5, 5.41) is 10.1. The second kappa shape index (κ2) is 12.4. The van der Waals surface area contributed by atoms with Crippen molar-refractivity contribution >= 4 is 116 Å². The highest BCUT2D eigenvalue weighted by molar-refractivity contribution is 7.26. The number of hydrogen-bond donors (Lipinski definition) is 0. The van der Waals surface area contributed by atoms with E-state index in [9.17, 15) is 0 Å². The first kappa shape index (κ1) is 32.4. The van der Waals surface area contributed by atoms with Crippen LogP contribution in [-0.4, -0.2) is 14.5 Å². The highest BCUT2D eigenvalue weighted by Gasteiger charge is 2.18. The molecule has 0 saturated carbocycles. The van der Waals surface area contributed by atoms with Crippen molar-refractivity contribution in [2.45, 2.75) is 0 Å². The van der Waals surface area contributed by atoms with Gasteiger partial charge in [0.25, 0.3) is 0 Å². The number of hydrogen-bond acceptors (Lipinski definition) is 5. The third-order valence-electron chi connectivity index (χ3n) is 11.6. The van der Waals surface area contributed by atoms with Crippen LogP contribution in [0.1, 0.15) is 0 Å². The van der Waals surface area contributed by atoms with Crippen LogP contribution in [0, 0.1) is 0 Å². The van der Waals surface area contributed by atoms with E-state index < -0.39 is 0 Å². The molecule has 5 aromatic heterocycles. The van der Waals surface area contributed by atoms with Crippen LogP contribution < -0.4 is 0 Å². The van der Waals surface area contributed by atoms with E-state index in [1.807, 2.05) is 22.7 Å². The number of rotatable bonds is 4. The van der Waals surface area contributed by atoms with E-state index in [0.29, 0.717) is 0 Å². The molecule has 13 rings (SSSR count). The summed E-state index contributed by atoms with van der Waals surface area (Å²) in [6.07, 6.45) is 0. The van der Waals surface area contributed by atoms with Crippen LogP contribution in [0.3, 0.4) is 0 Å². The van der Waals surface area contributed by atoms with E-state index >= 15 is 0 Å². The molecule has 6 heteroatoms. The largest absolute Gasteiger partial charge is 0.309 e. The molecule has 0 saturated heterocycles. The van der Waals surface area contributed by atoms with E-state index in [2.05, 4.69) is 180 Å². The van der Waals surface area contributed by atoms with E-state index in [4.69, 9.17) is 9.97 Å². The van der Waals surface area contributed by atoms with Crippen LogP contribution in [0.2, 0.25) is 0 Å². The molecule has 0 fully saturated rings. The molecule has 0 aliphatic rings. The third kappa shape index (κ3) is 4.83. The number of benzene rings is 8. The number of thiophene rings is 3. The van der Waals surface area contributed by atoms with Crippen LogP contribution in [0.4, 0.5) is 0 Å². The molecule has 0 radical (unpaired) electrons. The topological polar surface area (TPSA) is 30.7 Å². The lowest BCUT2D eigenvalue weighted by molar-refractivity contribution is 1.19. The maximum absolute atomic E-state index is 5.26. The zero-order valence-corrected chi connectivity index (χ0v) is 33.3. The summed E-state index contributed by atoms with van der Waals surface area (Å²) in [7, 11) is 0. The molecule has 270 valence electrons. The van der Waals surface area contributed by atoms with Crippen molar-refractivity contribution in [3.63, 3.8) is 0 Å². The maximum atomic E-state index is 5.26. The fourth-order valence-electron chi connectivity index (χ4n) is 8.94. The zero-order chi connectivity index (χ0) is 37.9. The van der Waals surface area contributed by atoms with Crippen molar-refractivity contribution in [3.05, 3.63) is 176 Å². The standard InChI is InChI=1S/C52H29N3S3/c1-2-10-30(11-3-1)50-49-40-14-6-9-17-44(40)58-52(49)54-51(53-50)33-19-23-39-41-26-31(20-25-45(41)56-47(39)28-33)32-18-22-37-38-24-21-34(29-48(38)57-46(37)27-32)55-42-15-7-4-12-35(42)36-13-5-8-16-43(36)55/h1-29H. The lowest BCUT2D eigenvalue weighted by atomic mass is 10.0. The van der Waals surface area contributed by atoms with E-state index in [1.54, 1.807) is 11.3 Å². The Morgan fingerprint density at radius 3 is 1.71 bits per heavy atom. The van der Waals surface area contributed by atoms with Gasteiger partial charge in [0.05, 0.1) is 16.7 Å². The summed E-state index contributed by atoms with van der Waals surface area (Å²) >= 11 is 5.45. The number of fused-ring (bicyclic) bond motifs is 12. The van der Waals surface area contributed by atoms with Crippen molar-refractivity contribution in [1.82, 2.24) is 14.5 Å². The molecular weight excluding hydrogens is 763 g/mol. The van der Waals surface area contributed by atoms with Gasteiger partial charge in [-0.25, -0.2) is 9.97 Å². The molecule has 0 unspecified atom stereocenters. The Morgan fingerprint density at radius 1 is 0.345 bits per heavy atom. The average molecular weight is 792 g/mol. The monoisotopic (exact) mass is 791 g/mol. The Kier molecular flexibility index (Phi) is 6.92. The molecule has 0 amide bonds. The van der Waals surface area contributed by atoms with Gasteiger partial charge in [0, 0.05) is 83.4 Å². The van der Waals surface area contributed by atoms with Crippen molar-refractivity contribution in [1.29, 1.82) is 0 Å². The fraction of sp³-hybridized carbons (Fsp3) is 0. The molecule has 0 aliphatic carbocycles. The molecule has 0 bridgehead atoms. The third-order valence-corrected chi connectivity index (χ3v) is 15.0. The number of nitrogens with zero attached hydrogens (tertiary/aromatic N) is 3. The van der Waals surface area contributed by atoms with Gasteiger partial charge in [-0.2, -0.15) is 0 Å². The van der Waals surface area contributed by atoms with Crippen molar-refractivity contribution < 1.29 is 0 Å². The summed E-state index contributed by atoms with van der Waals surface area (Å²) in [6, 6.07) is 64.1. The molecule has 0 spiro atoms. The first-order chi connectivity index (χ1) is 28.7. The number of para-hydroxylation sites is 2. The van der Waals surface area contributed by atoms with Crippen LogP contribution in [0.15, 0.2) is 176 Å². The molecule has 3 nitrogen and oxygen atoms in total. The maximum Gasteiger partial charge on any atom is 0.161 e. The Morgan fingerprint density at radius 2 is 0.914 bits per heavy atom. The van der Waals surface area contributed by atoms with Gasteiger partial charge in [0.15, 0.2) is 5.82 Å². The second-order valence-corrected chi connectivity index (χ2v) is 18.1. The summed E-state index contributed by atoms with van der Waals surface area (Å²) < 4.78 is 8.76.